The number of nitrogens with zero attached hydrogens (tertiary/aromatic N) is 2. The Morgan fingerprint density at radius 3 is 2.71 bits per heavy atom. The standard InChI is InChI=1S/C17H18N2O2/c1-19(11-13-6-8-18-9-7-13)12-15(20)17-10-14-4-2-3-5-16(14)21-17/h2-10,15,20H,11-12H2,1H3. The fraction of sp³-hybridized carbons (Fsp3) is 0.235. The number of aliphatic hydroxyl groups is 1. The van der Waals surface area contributed by atoms with E-state index >= 15 is 0 Å². The van der Waals surface area contributed by atoms with E-state index in [2.05, 4.69) is 9.88 Å². The molecule has 0 aliphatic heterocycles. The highest BCUT2D eigenvalue weighted by molar-refractivity contribution is 5.77. The van der Waals surface area contributed by atoms with Crippen LogP contribution >= 0.6 is 0 Å². The van der Waals surface area contributed by atoms with Gasteiger partial charge >= 0.3 is 0 Å². The normalized spacial score (nSPS) is 12.9. The van der Waals surface area contributed by atoms with Crippen molar-refractivity contribution >= 4 is 11.0 Å². The number of aromatic nitrogens is 1. The monoisotopic (exact) mass is 282 g/mol. The van der Waals surface area contributed by atoms with Gasteiger partial charge in [-0.05, 0) is 36.9 Å². The summed E-state index contributed by atoms with van der Waals surface area (Å²) in [7, 11) is 1.98. The van der Waals surface area contributed by atoms with Gasteiger partial charge in [0.15, 0.2) is 0 Å². The first kappa shape index (κ1) is 13.8. The van der Waals surface area contributed by atoms with E-state index in [1.807, 2.05) is 49.5 Å². The van der Waals surface area contributed by atoms with Gasteiger partial charge in [-0.1, -0.05) is 18.2 Å². The minimum atomic E-state index is -0.635. The second kappa shape index (κ2) is 6.08. The van der Waals surface area contributed by atoms with Crippen LogP contribution in [0.2, 0.25) is 0 Å². The van der Waals surface area contributed by atoms with Gasteiger partial charge in [-0.15, -0.1) is 0 Å². The van der Waals surface area contributed by atoms with Crippen LogP contribution in [0.5, 0.6) is 0 Å². The van der Waals surface area contributed by atoms with Crippen molar-refractivity contribution < 1.29 is 9.52 Å². The number of likely N-dealkylation sites (N-methyl/N-ethyl adjacent to an activating group) is 1. The molecule has 2 heterocycles. The Hall–Kier alpha value is -2.17. The average molecular weight is 282 g/mol. The van der Waals surface area contributed by atoms with Crippen molar-refractivity contribution in [2.75, 3.05) is 13.6 Å². The number of aliphatic hydroxyl groups excluding tert-OH is 1. The lowest BCUT2D eigenvalue weighted by Gasteiger charge is -2.19. The SMILES string of the molecule is CN(Cc1ccncc1)CC(O)c1cc2ccccc2o1. The van der Waals surface area contributed by atoms with Crippen LogP contribution in [-0.4, -0.2) is 28.6 Å². The number of hydrogen-bond donors (Lipinski definition) is 1. The lowest BCUT2D eigenvalue weighted by molar-refractivity contribution is 0.105. The second-order valence-corrected chi connectivity index (χ2v) is 5.25. The van der Waals surface area contributed by atoms with E-state index in [9.17, 15) is 5.11 Å². The van der Waals surface area contributed by atoms with Crippen LogP contribution in [0.1, 0.15) is 17.4 Å². The van der Waals surface area contributed by atoms with Crippen LogP contribution in [0.25, 0.3) is 11.0 Å². The van der Waals surface area contributed by atoms with Crippen molar-refractivity contribution in [3.63, 3.8) is 0 Å². The van der Waals surface area contributed by atoms with E-state index in [1.165, 1.54) is 5.56 Å². The smallest absolute Gasteiger partial charge is 0.135 e. The zero-order chi connectivity index (χ0) is 14.7. The zero-order valence-electron chi connectivity index (χ0n) is 11.9. The predicted octanol–water partition coefficient (Wildman–Crippen LogP) is 2.99. The van der Waals surface area contributed by atoms with E-state index in [1.54, 1.807) is 12.4 Å². The first-order chi connectivity index (χ1) is 10.2. The van der Waals surface area contributed by atoms with Crippen LogP contribution in [0, 0.1) is 0 Å². The molecule has 1 unspecified atom stereocenters. The Morgan fingerprint density at radius 2 is 1.95 bits per heavy atom. The maximum absolute atomic E-state index is 10.3. The third-order valence-corrected chi connectivity index (χ3v) is 3.46. The molecule has 0 bridgehead atoms. The molecule has 3 rings (SSSR count). The van der Waals surface area contributed by atoms with E-state index < -0.39 is 6.10 Å². The minimum absolute atomic E-state index is 0.516. The van der Waals surface area contributed by atoms with Crippen molar-refractivity contribution in [2.45, 2.75) is 12.6 Å². The molecule has 0 aliphatic carbocycles. The van der Waals surface area contributed by atoms with Gasteiger partial charge in [0.1, 0.15) is 17.4 Å². The summed E-state index contributed by atoms with van der Waals surface area (Å²) in [6.45, 7) is 1.28. The van der Waals surface area contributed by atoms with Crippen molar-refractivity contribution in [1.29, 1.82) is 0 Å². The molecule has 1 aromatic carbocycles. The molecule has 1 atom stereocenters. The highest BCUT2D eigenvalue weighted by Gasteiger charge is 2.15. The number of pyridine rings is 1. The van der Waals surface area contributed by atoms with Crippen LogP contribution in [0.4, 0.5) is 0 Å². The zero-order valence-corrected chi connectivity index (χ0v) is 11.9. The second-order valence-electron chi connectivity index (χ2n) is 5.25. The maximum atomic E-state index is 10.3. The highest BCUT2D eigenvalue weighted by Crippen LogP contribution is 2.24. The molecular weight excluding hydrogens is 264 g/mol. The van der Waals surface area contributed by atoms with Gasteiger partial charge < -0.3 is 9.52 Å². The number of hydrogen-bond acceptors (Lipinski definition) is 4. The van der Waals surface area contributed by atoms with Crippen molar-refractivity contribution in [3.8, 4) is 0 Å². The van der Waals surface area contributed by atoms with E-state index in [-0.39, 0.29) is 0 Å². The summed E-state index contributed by atoms with van der Waals surface area (Å²) < 4.78 is 5.69. The van der Waals surface area contributed by atoms with E-state index in [0.717, 1.165) is 17.5 Å². The molecule has 0 fully saturated rings. The summed E-state index contributed by atoms with van der Waals surface area (Å²) in [6, 6.07) is 13.6. The summed E-state index contributed by atoms with van der Waals surface area (Å²) in [5, 5.41) is 11.3. The van der Waals surface area contributed by atoms with Gasteiger partial charge in [0.25, 0.3) is 0 Å². The molecule has 0 aliphatic rings. The lowest BCUT2D eigenvalue weighted by atomic mass is 10.2. The third kappa shape index (κ3) is 3.29. The van der Waals surface area contributed by atoms with Gasteiger partial charge in [-0.2, -0.15) is 0 Å². The summed E-state index contributed by atoms with van der Waals surface area (Å²) in [5.41, 5.74) is 1.98. The molecular formula is C17H18N2O2. The van der Waals surface area contributed by atoms with Crippen molar-refractivity contribution in [3.05, 3.63) is 66.2 Å². The topological polar surface area (TPSA) is 49.5 Å². The van der Waals surface area contributed by atoms with Crippen LogP contribution in [0.3, 0.4) is 0 Å². The first-order valence-electron chi connectivity index (χ1n) is 6.96. The number of para-hydroxylation sites is 1. The van der Waals surface area contributed by atoms with Gasteiger partial charge in [0.2, 0.25) is 0 Å². The summed E-state index contributed by atoms with van der Waals surface area (Å²) >= 11 is 0. The Kier molecular flexibility index (Phi) is 3.99. The Morgan fingerprint density at radius 1 is 1.19 bits per heavy atom. The number of fused-ring (bicyclic) bond motifs is 1. The first-order valence-corrected chi connectivity index (χ1v) is 6.96. The Labute approximate surface area is 123 Å². The van der Waals surface area contributed by atoms with Crippen LogP contribution in [0.15, 0.2) is 59.3 Å². The number of benzene rings is 1. The molecule has 108 valence electrons. The van der Waals surface area contributed by atoms with Gasteiger partial charge in [-0.3, -0.25) is 9.88 Å². The molecule has 0 saturated carbocycles. The summed E-state index contributed by atoms with van der Waals surface area (Å²) in [5.74, 6) is 0.609. The fourth-order valence-electron chi connectivity index (χ4n) is 2.42. The van der Waals surface area contributed by atoms with Gasteiger partial charge in [0.05, 0.1) is 0 Å². The molecule has 4 nitrogen and oxygen atoms in total. The quantitative estimate of drug-likeness (QED) is 0.781. The number of rotatable bonds is 5. The van der Waals surface area contributed by atoms with E-state index in [4.69, 9.17) is 4.42 Å². The molecule has 0 spiro atoms. The molecule has 0 saturated heterocycles. The van der Waals surface area contributed by atoms with Crippen molar-refractivity contribution in [2.24, 2.45) is 0 Å². The lowest BCUT2D eigenvalue weighted by Crippen LogP contribution is -2.24. The third-order valence-electron chi connectivity index (χ3n) is 3.46. The van der Waals surface area contributed by atoms with Crippen molar-refractivity contribution in [1.82, 2.24) is 9.88 Å². The minimum Gasteiger partial charge on any atom is -0.458 e. The largest absolute Gasteiger partial charge is 0.458 e. The summed E-state index contributed by atoms with van der Waals surface area (Å²) in [4.78, 5) is 6.07. The Bertz CT molecular complexity index is 676. The molecule has 3 aromatic rings. The molecule has 0 amide bonds. The average Bonchev–Trinajstić information content (AvgIpc) is 2.92. The maximum Gasteiger partial charge on any atom is 0.135 e. The van der Waals surface area contributed by atoms with Gasteiger partial charge in [-0.25, -0.2) is 0 Å². The Balaban J connectivity index is 1.66. The molecule has 21 heavy (non-hydrogen) atoms. The number of furan rings is 1. The fourth-order valence-corrected chi connectivity index (χ4v) is 2.42. The summed E-state index contributed by atoms with van der Waals surface area (Å²) in [6.07, 6.45) is 2.92. The predicted molar refractivity (Wildman–Crippen MR) is 81.7 cm³/mol. The highest BCUT2D eigenvalue weighted by atomic mass is 16.4. The van der Waals surface area contributed by atoms with Gasteiger partial charge in [0, 0.05) is 30.9 Å². The molecule has 2 aromatic heterocycles. The molecule has 4 heteroatoms. The molecule has 1 N–H and O–H groups in total. The van der Waals surface area contributed by atoms with Crippen LogP contribution < -0.4 is 0 Å². The van der Waals surface area contributed by atoms with E-state index in [0.29, 0.717) is 12.3 Å². The molecule has 0 radical (unpaired) electrons. The van der Waals surface area contributed by atoms with Crippen LogP contribution in [-0.2, 0) is 6.54 Å².